The van der Waals surface area contributed by atoms with Crippen molar-refractivity contribution in [2.45, 2.75) is 18.9 Å². The van der Waals surface area contributed by atoms with Gasteiger partial charge in [-0.3, -0.25) is 0 Å². The summed E-state index contributed by atoms with van der Waals surface area (Å²) in [5.41, 5.74) is 6.56. The van der Waals surface area contributed by atoms with E-state index >= 15 is 0 Å². The van der Waals surface area contributed by atoms with E-state index in [9.17, 15) is 0 Å². The van der Waals surface area contributed by atoms with E-state index < -0.39 is 0 Å². The molecule has 1 aromatic carbocycles. The van der Waals surface area contributed by atoms with Crippen molar-refractivity contribution in [3.05, 3.63) is 12.1 Å². The number of benzene rings is 1. The number of nitrogens with two attached hydrogens (primary N) is 1. The Kier molecular flexibility index (Phi) is 3.38. The van der Waals surface area contributed by atoms with Crippen LogP contribution in [0.3, 0.4) is 0 Å². The molecule has 0 atom stereocenters. The summed E-state index contributed by atoms with van der Waals surface area (Å²) < 4.78 is 16.7. The molecule has 19 heavy (non-hydrogen) atoms. The Bertz CT molecular complexity index is 460. The largest absolute Gasteiger partial charge is 0.490 e. The molecule has 104 valence electrons. The molecule has 5 nitrogen and oxygen atoms in total. The Morgan fingerprint density at radius 3 is 2.63 bits per heavy atom. The van der Waals surface area contributed by atoms with E-state index in [0.717, 1.165) is 12.6 Å². The second-order valence-electron chi connectivity index (χ2n) is 5.09. The third-order valence-electron chi connectivity index (χ3n) is 3.55. The van der Waals surface area contributed by atoms with Crippen molar-refractivity contribution in [2.24, 2.45) is 0 Å². The van der Waals surface area contributed by atoms with Crippen molar-refractivity contribution in [1.82, 2.24) is 4.90 Å². The normalized spacial score (nSPS) is 17.6. The van der Waals surface area contributed by atoms with Crippen molar-refractivity contribution in [2.75, 3.05) is 39.1 Å². The number of anilines is 1. The van der Waals surface area contributed by atoms with Crippen LogP contribution in [-0.4, -0.2) is 44.4 Å². The summed E-state index contributed by atoms with van der Waals surface area (Å²) >= 11 is 0. The maximum atomic E-state index is 5.96. The van der Waals surface area contributed by atoms with Crippen LogP contribution < -0.4 is 19.9 Å². The summed E-state index contributed by atoms with van der Waals surface area (Å²) in [6, 6.07) is 4.34. The molecule has 0 saturated heterocycles. The molecular formula is C14H20N2O3. The van der Waals surface area contributed by atoms with Gasteiger partial charge < -0.3 is 24.8 Å². The molecule has 0 spiro atoms. The van der Waals surface area contributed by atoms with Crippen LogP contribution in [0.4, 0.5) is 5.69 Å². The molecule has 1 heterocycles. The van der Waals surface area contributed by atoms with Crippen LogP contribution in [0.1, 0.15) is 12.8 Å². The third kappa shape index (κ3) is 2.87. The number of hydrogen-bond donors (Lipinski definition) is 1. The third-order valence-corrected chi connectivity index (χ3v) is 3.55. The van der Waals surface area contributed by atoms with Gasteiger partial charge in [0.1, 0.15) is 25.6 Å². The number of rotatable bonds is 5. The zero-order chi connectivity index (χ0) is 13.2. The zero-order valence-electron chi connectivity index (χ0n) is 11.2. The van der Waals surface area contributed by atoms with E-state index in [4.69, 9.17) is 19.9 Å². The first-order chi connectivity index (χ1) is 9.24. The van der Waals surface area contributed by atoms with Crippen LogP contribution in [0.5, 0.6) is 17.2 Å². The highest BCUT2D eigenvalue weighted by Gasteiger charge is 2.25. The number of hydrogen-bond acceptors (Lipinski definition) is 5. The average molecular weight is 264 g/mol. The van der Waals surface area contributed by atoms with E-state index in [-0.39, 0.29) is 0 Å². The van der Waals surface area contributed by atoms with E-state index in [1.54, 1.807) is 6.07 Å². The van der Waals surface area contributed by atoms with E-state index in [0.29, 0.717) is 42.8 Å². The number of fused-ring (bicyclic) bond motifs is 1. The van der Waals surface area contributed by atoms with Gasteiger partial charge in [0.15, 0.2) is 11.5 Å². The molecule has 1 saturated carbocycles. The minimum atomic E-state index is 0.568. The lowest BCUT2D eigenvalue weighted by Crippen LogP contribution is -2.26. The number of nitrogen functional groups attached to an aromatic ring is 1. The van der Waals surface area contributed by atoms with Gasteiger partial charge in [-0.15, -0.1) is 0 Å². The van der Waals surface area contributed by atoms with Gasteiger partial charge in [0.2, 0.25) is 0 Å². The van der Waals surface area contributed by atoms with Crippen molar-refractivity contribution in [3.63, 3.8) is 0 Å². The fourth-order valence-corrected chi connectivity index (χ4v) is 2.21. The SMILES string of the molecule is CN(CCOc1cc2c(cc1N)OCCO2)C1CC1. The van der Waals surface area contributed by atoms with Crippen LogP contribution in [0, 0.1) is 0 Å². The first-order valence-corrected chi connectivity index (χ1v) is 6.76. The first-order valence-electron chi connectivity index (χ1n) is 6.76. The summed E-state index contributed by atoms with van der Waals surface area (Å²) in [5.74, 6) is 2.09. The van der Waals surface area contributed by atoms with Gasteiger partial charge in [-0.2, -0.15) is 0 Å². The lowest BCUT2D eigenvalue weighted by atomic mass is 10.2. The van der Waals surface area contributed by atoms with Gasteiger partial charge in [0.25, 0.3) is 0 Å². The fourth-order valence-electron chi connectivity index (χ4n) is 2.21. The molecule has 2 N–H and O–H groups in total. The second-order valence-corrected chi connectivity index (χ2v) is 5.09. The standard InChI is InChI=1S/C14H20N2O3/c1-16(10-2-3-10)4-5-17-12-9-14-13(8-11(12)15)18-6-7-19-14/h8-10H,2-7,15H2,1H3. The molecular weight excluding hydrogens is 244 g/mol. The topological polar surface area (TPSA) is 57.0 Å². The summed E-state index contributed by atoms with van der Waals surface area (Å²) in [5, 5.41) is 0. The maximum absolute atomic E-state index is 5.96. The number of likely N-dealkylation sites (N-methyl/N-ethyl adjacent to an activating group) is 1. The number of nitrogens with zero attached hydrogens (tertiary/aromatic N) is 1. The molecule has 1 aliphatic heterocycles. The molecule has 1 aromatic rings. The van der Waals surface area contributed by atoms with Crippen molar-refractivity contribution in [3.8, 4) is 17.2 Å². The van der Waals surface area contributed by atoms with Crippen LogP contribution in [0.15, 0.2) is 12.1 Å². The molecule has 2 aliphatic rings. The number of ether oxygens (including phenoxy) is 3. The van der Waals surface area contributed by atoms with Crippen molar-refractivity contribution in [1.29, 1.82) is 0 Å². The second kappa shape index (κ2) is 5.17. The summed E-state index contributed by atoms with van der Waals surface area (Å²) in [7, 11) is 2.13. The first kappa shape index (κ1) is 12.4. The Balaban J connectivity index is 1.60. The molecule has 0 radical (unpaired) electrons. The van der Waals surface area contributed by atoms with Crippen LogP contribution in [0.2, 0.25) is 0 Å². The molecule has 0 amide bonds. The van der Waals surface area contributed by atoms with E-state index in [1.807, 2.05) is 6.07 Å². The van der Waals surface area contributed by atoms with Crippen LogP contribution >= 0.6 is 0 Å². The van der Waals surface area contributed by atoms with E-state index in [1.165, 1.54) is 12.8 Å². The molecule has 0 bridgehead atoms. The summed E-state index contributed by atoms with van der Waals surface area (Å²) in [6.07, 6.45) is 2.62. The monoisotopic (exact) mass is 264 g/mol. The molecule has 1 fully saturated rings. The summed E-state index contributed by atoms with van der Waals surface area (Å²) in [4.78, 5) is 2.33. The van der Waals surface area contributed by atoms with Gasteiger partial charge in [-0.1, -0.05) is 0 Å². The maximum Gasteiger partial charge on any atom is 0.165 e. The highest BCUT2D eigenvalue weighted by molar-refractivity contribution is 5.62. The molecule has 1 aliphatic carbocycles. The molecule has 5 heteroatoms. The minimum Gasteiger partial charge on any atom is -0.490 e. The highest BCUT2D eigenvalue weighted by atomic mass is 16.6. The van der Waals surface area contributed by atoms with Crippen LogP contribution in [0.25, 0.3) is 0 Å². The van der Waals surface area contributed by atoms with Gasteiger partial charge >= 0.3 is 0 Å². The van der Waals surface area contributed by atoms with E-state index in [2.05, 4.69) is 11.9 Å². The predicted octanol–water partition coefficient (Wildman–Crippen LogP) is 1.51. The highest BCUT2D eigenvalue weighted by Crippen LogP contribution is 2.38. The van der Waals surface area contributed by atoms with Crippen molar-refractivity contribution < 1.29 is 14.2 Å². The molecule has 0 unspecified atom stereocenters. The van der Waals surface area contributed by atoms with Gasteiger partial charge in [-0.25, -0.2) is 0 Å². The van der Waals surface area contributed by atoms with Crippen molar-refractivity contribution >= 4 is 5.69 Å². The Labute approximate surface area is 113 Å². The Morgan fingerprint density at radius 1 is 1.26 bits per heavy atom. The molecule has 0 aromatic heterocycles. The Morgan fingerprint density at radius 2 is 1.95 bits per heavy atom. The quantitative estimate of drug-likeness (QED) is 0.817. The Hall–Kier alpha value is -1.62. The average Bonchev–Trinajstić information content (AvgIpc) is 3.23. The lowest BCUT2D eigenvalue weighted by Gasteiger charge is -2.21. The minimum absolute atomic E-state index is 0.568. The summed E-state index contributed by atoms with van der Waals surface area (Å²) in [6.45, 7) is 2.69. The zero-order valence-corrected chi connectivity index (χ0v) is 11.2. The smallest absolute Gasteiger partial charge is 0.165 e. The van der Waals surface area contributed by atoms with Gasteiger partial charge in [-0.05, 0) is 19.9 Å². The van der Waals surface area contributed by atoms with Gasteiger partial charge in [0, 0.05) is 24.7 Å². The predicted molar refractivity (Wildman–Crippen MR) is 73.0 cm³/mol. The fraction of sp³-hybridized carbons (Fsp3) is 0.571. The molecule has 3 rings (SSSR count). The van der Waals surface area contributed by atoms with Crippen LogP contribution in [-0.2, 0) is 0 Å². The lowest BCUT2D eigenvalue weighted by molar-refractivity contribution is 0.170. The van der Waals surface area contributed by atoms with Gasteiger partial charge in [0.05, 0.1) is 5.69 Å².